The van der Waals surface area contributed by atoms with Crippen molar-refractivity contribution < 1.29 is 18.3 Å². The highest BCUT2D eigenvalue weighted by Crippen LogP contribution is 2.43. The van der Waals surface area contributed by atoms with Crippen molar-refractivity contribution in [1.82, 2.24) is 0 Å². The molecule has 2 nitrogen and oxygen atoms in total. The lowest BCUT2D eigenvalue weighted by Crippen LogP contribution is -2.40. The molecular formula is C8H14F3NO. The van der Waals surface area contributed by atoms with Crippen molar-refractivity contribution in [2.45, 2.75) is 31.5 Å². The molecule has 1 saturated carbocycles. The second-order valence-corrected chi connectivity index (χ2v) is 3.59. The smallest absolute Gasteiger partial charge is 0.392 e. The Morgan fingerprint density at radius 2 is 2.00 bits per heavy atom. The average Bonchev–Trinajstić information content (AvgIpc) is 2.49. The molecule has 3 unspecified atom stereocenters. The van der Waals surface area contributed by atoms with Crippen molar-refractivity contribution in [2.75, 3.05) is 6.61 Å². The van der Waals surface area contributed by atoms with Gasteiger partial charge in [-0.05, 0) is 18.8 Å². The highest BCUT2D eigenvalue weighted by Gasteiger charge is 2.48. The predicted octanol–water partition coefficient (Wildman–Crippen LogP) is 1.28. The Hall–Kier alpha value is -0.290. The minimum absolute atomic E-state index is 0.155. The molecule has 5 heteroatoms. The Balaban J connectivity index is 2.64. The molecule has 1 rings (SSSR count). The number of aliphatic hydroxyl groups excluding tert-OH is 1. The van der Waals surface area contributed by atoms with Gasteiger partial charge in [0.05, 0.1) is 12.5 Å². The summed E-state index contributed by atoms with van der Waals surface area (Å²) in [7, 11) is 0. The molecule has 13 heavy (non-hydrogen) atoms. The minimum Gasteiger partial charge on any atom is -0.395 e. The van der Waals surface area contributed by atoms with E-state index in [4.69, 9.17) is 10.8 Å². The first kappa shape index (κ1) is 10.8. The van der Waals surface area contributed by atoms with E-state index in [0.29, 0.717) is 12.8 Å². The van der Waals surface area contributed by atoms with Gasteiger partial charge >= 0.3 is 6.18 Å². The van der Waals surface area contributed by atoms with Crippen LogP contribution in [0.1, 0.15) is 19.3 Å². The molecule has 0 aromatic rings. The number of alkyl halides is 3. The maximum atomic E-state index is 12.4. The van der Waals surface area contributed by atoms with Gasteiger partial charge in [-0.1, -0.05) is 6.42 Å². The van der Waals surface area contributed by atoms with Crippen LogP contribution in [0.5, 0.6) is 0 Å². The van der Waals surface area contributed by atoms with Crippen LogP contribution in [0.15, 0.2) is 0 Å². The summed E-state index contributed by atoms with van der Waals surface area (Å²) in [5.74, 6) is -1.90. The molecule has 1 aliphatic rings. The Morgan fingerprint density at radius 3 is 2.46 bits per heavy atom. The summed E-state index contributed by atoms with van der Waals surface area (Å²) in [6, 6.07) is -0.728. The van der Waals surface area contributed by atoms with Gasteiger partial charge in [0.2, 0.25) is 0 Å². The second-order valence-electron chi connectivity index (χ2n) is 3.59. The van der Waals surface area contributed by atoms with E-state index in [9.17, 15) is 13.2 Å². The van der Waals surface area contributed by atoms with Crippen LogP contribution in [0.3, 0.4) is 0 Å². The van der Waals surface area contributed by atoms with Gasteiger partial charge in [0, 0.05) is 6.04 Å². The number of aliphatic hydroxyl groups is 1. The van der Waals surface area contributed by atoms with E-state index in [1.807, 2.05) is 0 Å². The zero-order valence-electron chi connectivity index (χ0n) is 7.22. The maximum absolute atomic E-state index is 12.4. The van der Waals surface area contributed by atoms with Crippen molar-refractivity contribution in [3.05, 3.63) is 0 Å². The van der Waals surface area contributed by atoms with E-state index in [1.54, 1.807) is 0 Å². The summed E-state index contributed by atoms with van der Waals surface area (Å²) in [5.41, 5.74) is 5.42. The van der Waals surface area contributed by atoms with Gasteiger partial charge in [0.1, 0.15) is 0 Å². The van der Waals surface area contributed by atoms with Crippen molar-refractivity contribution in [2.24, 2.45) is 17.6 Å². The zero-order chi connectivity index (χ0) is 10.1. The van der Waals surface area contributed by atoms with E-state index in [2.05, 4.69) is 0 Å². The molecule has 0 aromatic heterocycles. The number of hydrogen-bond donors (Lipinski definition) is 2. The molecule has 0 aliphatic heterocycles. The first-order chi connectivity index (χ1) is 5.96. The first-order valence-corrected chi connectivity index (χ1v) is 4.40. The lowest BCUT2D eigenvalue weighted by molar-refractivity contribution is -0.185. The Morgan fingerprint density at radius 1 is 1.38 bits per heavy atom. The fraction of sp³-hybridized carbons (Fsp3) is 1.00. The van der Waals surface area contributed by atoms with Gasteiger partial charge in [-0.2, -0.15) is 13.2 Å². The van der Waals surface area contributed by atoms with Crippen LogP contribution in [-0.2, 0) is 0 Å². The second kappa shape index (κ2) is 3.84. The third kappa shape index (κ3) is 2.34. The Kier molecular flexibility index (Phi) is 3.18. The van der Waals surface area contributed by atoms with Crippen LogP contribution in [0.4, 0.5) is 13.2 Å². The topological polar surface area (TPSA) is 46.2 Å². The highest BCUT2D eigenvalue weighted by molar-refractivity contribution is 4.88. The van der Waals surface area contributed by atoms with Crippen LogP contribution >= 0.6 is 0 Å². The molecule has 0 saturated heterocycles. The molecule has 0 amide bonds. The number of hydrogen-bond acceptors (Lipinski definition) is 2. The molecule has 78 valence electrons. The molecule has 3 N–H and O–H groups in total. The third-order valence-electron chi connectivity index (χ3n) is 2.75. The SMILES string of the molecule is NC(CO)C1CCCC1C(F)(F)F. The molecule has 0 bridgehead atoms. The van der Waals surface area contributed by atoms with Gasteiger partial charge in [-0.25, -0.2) is 0 Å². The molecule has 0 radical (unpaired) electrons. The molecule has 0 heterocycles. The van der Waals surface area contributed by atoms with Crippen LogP contribution in [-0.4, -0.2) is 23.9 Å². The summed E-state index contributed by atoms with van der Waals surface area (Å²) in [6.07, 6.45) is -2.97. The summed E-state index contributed by atoms with van der Waals surface area (Å²) >= 11 is 0. The van der Waals surface area contributed by atoms with E-state index in [1.165, 1.54) is 0 Å². The standard InChI is InChI=1S/C8H14F3NO/c9-8(10,11)6-3-1-2-5(6)7(12)4-13/h5-7,13H,1-4,12H2. The van der Waals surface area contributed by atoms with Gasteiger partial charge < -0.3 is 10.8 Å². The maximum Gasteiger partial charge on any atom is 0.392 e. The van der Waals surface area contributed by atoms with Crippen molar-refractivity contribution in [1.29, 1.82) is 0 Å². The minimum atomic E-state index is -4.16. The van der Waals surface area contributed by atoms with Crippen molar-refractivity contribution >= 4 is 0 Å². The fourth-order valence-electron chi connectivity index (χ4n) is 2.04. The van der Waals surface area contributed by atoms with Gasteiger partial charge in [0.25, 0.3) is 0 Å². The van der Waals surface area contributed by atoms with Crippen molar-refractivity contribution in [3.63, 3.8) is 0 Å². The molecular weight excluding hydrogens is 183 g/mol. The van der Waals surface area contributed by atoms with E-state index >= 15 is 0 Å². The van der Waals surface area contributed by atoms with Gasteiger partial charge in [-0.15, -0.1) is 0 Å². The summed E-state index contributed by atoms with van der Waals surface area (Å²) < 4.78 is 37.1. The largest absolute Gasteiger partial charge is 0.395 e. The van der Waals surface area contributed by atoms with Crippen molar-refractivity contribution in [3.8, 4) is 0 Å². The Bertz CT molecular complexity index is 171. The van der Waals surface area contributed by atoms with E-state index in [-0.39, 0.29) is 13.0 Å². The molecule has 0 aromatic carbocycles. The van der Waals surface area contributed by atoms with Crippen LogP contribution in [0.25, 0.3) is 0 Å². The summed E-state index contributed by atoms with van der Waals surface area (Å²) in [4.78, 5) is 0. The van der Waals surface area contributed by atoms with E-state index in [0.717, 1.165) is 0 Å². The van der Waals surface area contributed by atoms with Crippen LogP contribution < -0.4 is 5.73 Å². The Labute approximate surface area is 74.9 Å². The summed E-state index contributed by atoms with van der Waals surface area (Å²) in [6.45, 7) is -0.364. The number of halogens is 3. The highest BCUT2D eigenvalue weighted by atomic mass is 19.4. The fourth-order valence-corrected chi connectivity index (χ4v) is 2.04. The first-order valence-electron chi connectivity index (χ1n) is 4.40. The normalized spacial score (nSPS) is 32.1. The van der Waals surface area contributed by atoms with Gasteiger partial charge in [-0.3, -0.25) is 0 Å². The predicted molar refractivity (Wildman–Crippen MR) is 41.9 cm³/mol. The zero-order valence-corrected chi connectivity index (χ0v) is 7.22. The third-order valence-corrected chi connectivity index (χ3v) is 2.75. The van der Waals surface area contributed by atoms with Gasteiger partial charge in [0.15, 0.2) is 0 Å². The molecule has 3 atom stereocenters. The van der Waals surface area contributed by atoms with Crippen LogP contribution in [0, 0.1) is 11.8 Å². The average molecular weight is 197 g/mol. The monoisotopic (exact) mass is 197 g/mol. The number of nitrogens with two attached hydrogens (primary N) is 1. The quantitative estimate of drug-likeness (QED) is 0.700. The molecule has 1 fully saturated rings. The van der Waals surface area contributed by atoms with E-state index < -0.39 is 24.1 Å². The lowest BCUT2D eigenvalue weighted by Gasteiger charge is -2.26. The lowest BCUT2D eigenvalue weighted by atomic mass is 9.89. The molecule has 1 aliphatic carbocycles. The number of rotatable bonds is 2. The van der Waals surface area contributed by atoms with Crippen LogP contribution in [0.2, 0.25) is 0 Å². The summed E-state index contributed by atoms with van der Waals surface area (Å²) in [5, 5.41) is 8.69. The molecule has 0 spiro atoms.